The standard InChI is InChI=1S/C11H16BrO3P.C7H6Br2/c1-3-14-16(13,15-4-2)9-10-7-5-6-8-11(10)12;8-5-6-3-1-2-4-7(6)9/h5-8H,3-4,9H2,1-2H3;1-4H,5H2. The number of hydrogen-bond donors (Lipinski definition) is 0. The number of hydrogen-bond acceptors (Lipinski definition) is 3. The van der Waals surface area contributed by atoms with E-state index in [1.807, 2.05) is 56.3 Å². The summed E-state index contributed by atoms with van der Waals surface area (Å²) in [5, 5.41) is 0.911. The molecule has 0 saturated carbocycles. The van der Waals surface area contributed by atoms with E-state index < -0.39 is 7.60 Å². The highest BCUT2D eigenvalue weighted by Crippen LogP contribution is 2.52. The maximum Gasteiger partial charge on any atom is 0.335 e. The number of alkyl halides is 1. The van der Waals surface area contributed by atoms with Crippen molar-refractivity contribution in [2.24, 2.45) is 0 Å². The molecule has 0 bridgehead atoms. The second-order valence-corrected chi connectivity index (χ2v) is 9.24. The molecule has 0 heterocycles. The van der Waals surface area contributed by atoms with Crippen LogP contribution in [0.25, 0.3) is 0 Å². The van der Waals surface area contributed by atoms with Gasteiger partial charge in [0.25, 0.3) is 0 Å². The number of rotatable bonds is 7. The van der Waals surface area contributed by atoms with E-state index in [2.05, 4.69) is 53.9 Å². The van der Waals surface area contributed by atoms with E-state index in [0.29, 0.717) is 19.4 Å². The molecule has 2 aromatic carbocycles. The molecule has 0 N–H and O–H groups in total. The Morgan fingerprint density at radius 1 is 0.840 bits per heavy atom. The average Bonchev–Trinajstić information content (AvgIpc) is 2.58. The monoisotopic (exact) mass is 554 g/mol. The summed E-state index contributed by atoms with van der Waals surface area (Å²) in [7, 11) is -3.00. The van der Waals surface area contributed by atoms with E-state index in [0.717, 1.165) is 15.4 Å². The van der Waals surface area contributed by atoms with Crippen LogP contribution in [-0.4, -0.2) is 13.2 Å². The van der Waals surface area contributed by atoms with E-state index in [1.165, 1.54) is 10.0 Å². The molecule has 0 fully saturated rings. The highest BCUT2D eigenvalue weighted by molar-refractivity contribution is 9.11. The fraction of sp³-hybridized carbons (Fsp3) is 0.333. The Bertz CT molecular complexity index is 685. The fourth-order valence-corrected chi connectivity index (χ4v) is 5.63. The van der Waals surface area contributed by atoms with Gasteiger partial charge in [-0.2, -0.15) is 0 Å². The summed E-state index contributed by atoms with van der Waals surface area (Å²) < 4.78 is 24.8. The molecule has 0 saturated heterocycles. The van der Waals surface area contributed by atoms with Gasteiger partial charge in [-0.1, -0.05) is 84.2 Å². The largest absolute Gasteiger partial charge is 0.335 e. The van der Waals surface area contributed by atoms with Crippen LogP contribution in [0.1, 0.15) is 25.0 Å². The smallest absolute Gasteiger partial charge is 0.309 e. The first-order valence-electron chi connectivity index (χ1n) is 7.86. The van der Waals surface area contributed by atoms with Crippen LogP contribution in [0.4, 0.5) is 0 Å². The second-order valence-electron chi connectivity index (χ2n) is 4.92. The summed E-state index contributed by atoms with van der Waals surface area (Å²) in [6.07, 6.45) is 0.302. The summed E-state index contributed by atoms with van der Waals surface area (Å²) in [5.41, 5.74) is 2.23. The first kappa shape index (κ1) is 23.1. The molecule has 0 aliphatic rings. The highest BCUT2D eigenvalue weighted by atomic mass is 79.9. The molecular weight excluding hydrogens is 535 g/mol. The Labute approximate surface area is 175 Å². The molecule has 7 heteroatoms. The van der Waals surface area contributed by atoms with Crippen LogP contribution in [0.5, 0.6) is 0 Å². The van der Waals surface area contributed by atoms with Gasteiger partial charge in [0.2, 0.25) is 0 Å². The summed E-state index contributed by atoms with van der Waals surface area (Å²) in [6, 6.07) is 15.8. The van der Waals surface area contributed by atoms with E-state index in [9.17, 15) is 4.57 Å². The van der Waals surface area contributed by atoms with Gasteiger partial charge in [0.1, 0.15) is 0 Å². The zero-order chi connectivity index (χ0) is 18.7. The van der Waals surface area contributed by atoms with Gasteiger partial charge < -0.3 is 9.05 Å². The van der Waals surface area contributed by atoms with Crippen LogP contribution < -0.4 is 0 Å². The van der Waals surface area contributed by atoms with Crippen LogP contribution in [0.15, 0.2) is 57.5 Å². The molecular formula is C18H22Br3O3P. The van der Waals surface area contributed by atoms with E-state index in [4.69, 9.17) is 9.05 Å². The fourth-order valence-electron chi connectivity index (χ4n) is 1.96. The van der Waals surface area contributed by atoms with Gasteiger partial charge in [-0.3, -0.25) is 4.57 Å². The van der Waals surface area contributed by atoms with Crippen LogP contribution in [0.3, 0.4) is 0 Å². The summed E-state index contributed by atoms with van der Waals surface area (Å²) in [5.74, 6) is 0. The van der Waals surface area contributed by atoms with Gasteiger partial charge in [0.05, 0.1) is 19.4 Å². The van der Waals surface area contributed by atoms with E-state index >= 15 is 0 Å². The molecule has 25 heavy (non-hydrogen) atoms. The third kappa shape index (κ3) is 8.51. The predicted octanol–water partition coefficient (Wildman–Crippen LogP) is 7.56. The predicted molar refractivity (Wildman–Crippen MR) is 115 cm³/mol. The van der Waals surface area contributed by atoms with Crippen LogP contribution in [0.2, 0.25) is 0 Å². The average molecular weight is 557 g/mol. The normalized spacial score (nSPS) is 10.9. The lowest BCUT2D eigenvalue weighted by molar-refractivity contribution is 0.219. The molecule has 138 valence electrons. The SMILES string of the molecule is BrCc1ccccc1Br.CCOP(=O)(Cc1ccccc1Br)OCC. The quantitative estimate of drug-likeness (QED) is 0.261. The van der Waals surface area contributed by atoms with Crippen molar-refractivity contribution in [3.05, 3.63) is 68.6 Å². The van der Waals surface area contributed by atoms with E-state index in [-0.39, 0.29) is 0 Å². The lowest BCUT2D eigenvalue weighted by Gasteiger charge is -2.17. The third-order valence-electron chi connectivity index (χ3n) is 3.08. The summed E-state index contributed by atoms with van der Waals surface area (Å²) in [4.78, 5) is 0. The molecule has 0 atom stereocenters. The molecule has 0 unspecified atom stereocenters. The minimum Gasteiger partial charge on any atom is -0.309 e. The second kappa shape index (κ2) is 12.4. The molecule has 0 aliphatic heterocycles. The lowest BCUT2D eigenvalue weighted by atomic mass is 10.2. The van der Waals surface area contributed by atoms with Crippen molar-refractivity contribution in [1.29, 1.82) is 0 Å². The Morgan fingerprint density at radius 2 is 1.28 bits per heavy atom. The van der Waals surface area contributed by atoms with Crippen molar-refractivity contribution in [3.63, 3.8) is 0 Å². The number of benzene rings is 2. The summed E-state index contributed by atoms with van der Waals surface area (Å²) in [6.45, 7) is 4.40. The topological polar surface area (TPSA) is 35.5 Å². The van der Waals surface area contributed by atoms with Gasteiger partial charge >= 0.3 is 7.60 Å². The summed E-state index contributed by atoms with van der Waals surface area (Å²) >= 11 is 10.2. The minimum atomic E-state index is -3.00. The van der Waals surface area contributed by atoms with E-state index in [1.54, 1.807) is 0 Å². The van der Waals surface area contributed by atoms with Gasteiger partial charge in [-0.15, -0.1) is 0 Å². The van der Waals surface area contributed by atoms with Crippen molar-refractivity contribution in [2.45, 2.75) is 25.3 Å². The van der Waals surface area contributed by atoms with Crippen molar-refractivity contribution >= 4 is 55.4 Å². The van der Waals surface area contributed by atoms with Crippen molar-refractivity contribution in [2.75, 3.05) is 13.2 Å². The molecule has 0 aliphatic carbocycles. The van der Waals surface area contributed by atoms with Crippen molar-refractivity contribution < 1.29 is 13.6 Å². The molecule has 0 spiro atoms. The van der Waals surface area contributed by atoms with Crippen molar-refractivity contribution in [1.82, 2.24) is 0 Å². The van der Waals surface area contributed by atoms with Crippen LogP contribution >= 0.6 is 55.4 Å². The van der Waals surface area contributed by atoms with Gasteiger partial charge in [0, 0.05) is 14.3 Å². The maximum atomic E-state index is 12.3. The maximum absolute atomic E-state index is 12.3. The molecule has 2 rings (SSSR count). The Balaban J connectivity index is 0.000000293. The third-order valence-corrected chi connectivity index (χ3v) is 7.26. The van der Waals surface area contributed by atoms with Gasteiger partial charge in [-0.25, -0.2) is 0 Å². The first-order chi connectivity index (χ1) is 12.0. The molecule has 0 aromatic heterocycles. The Hall–Kier alpha value is 0.0300. The molecule has 0 radical (unpaired) electrons. The number of halogens is 3. The first-order valence-corrected chi connectivity index (χ1v) is 12.3. The zero-order valence-corrected chi connectivity index (χ0v) is 19.9. The van der Waals surface area contributed by atoms with Gasteiger partial charge in [0.15, 0.2) is 0 Å². The Morgan fingerprint density at radius 3 is 1.64 bits per heavy atom. The van der Waals surface area contributed by atoms with Crippen LogP contribution in [-0.2, 0) is 25.1 Å². The lowest BCUT2D eigenvalue weighted by Crippen LogP contribution is -1.99. The molecule has 3 nitrogen and oxygen atoms in total. The molecule has 2 aromatic rings. The van der Waals surface area contributed by atoms with Gasteiger partial charge in [-0.05, 0) is 37.1 Å². The van der Waals surface area contributed by atoms with Crippen LogP contribution in [0, 0.1) is 0 Å². The zero-order valence-electron chi connectivity index (χ0n) is 14.3. The minimum absolute atomic E-state index is 0.302. The Kier molecular flexibility index (Phi) is 11.5. The highest BCUT2D eigenvalue weighted by Gasteiger charge is 2.24. The van der Waals surface area contributed by atoms with Crippen molar-refractivity contribution in [3.8, 4) is 0 Å². The molecule has 0 amide bonds.